The van der Waals surface area contributed by atoms with Gasteiger partial charge in [0.1, 0.15) is 17.3 Å². The van der Waals surface area contributed by atoms with Crippen LogP contribution in [0.25, 0.3) is 28.1 Å². The summed E-state index contributed by atoms with van der Waals surface area (Å²) in [5.41, 5.74) is 2.14. The van der Waals surface area contributed by atoms with Crippen LogP contribution in [0.5, 0.6) is 0 Å². The highest BCUT2D eigenvalue weighted by atomic mass is 35.5. The first-order valence-electron chi connectivity index (χ1n) is 7.26. The van der Waals surface area contributed by atoms with Crippen LogP contribution in [0.4, 0.5) is 5.82 Å². The van der Waals surface area contributed by atoms with Gasteiger partial charge >= 0.3 is 0 Å². The normalized spacial score (nSPS) is 12.2. The zero-order valence-electron chi connectivity index (χ0n) is 12.9. The number of fused-ring (bicyclic) bond motifs is 1. The van der Waals surface area contributed by atoms with Crippen molar-refractivity contribution in [2.75, 3.05) is 4.72 Å². The second-order valence-corrected chi connectivity index (χ2v) is 6.20. The molecule has 0 radical (unpaired) electrons. The maximum Gasteiger partial charge on any atom is 0.260 e. The van der Waals surface area contributed by atoms with Gasteiger partial charge in [0.15, 0.2) is 5.65 Å². The van der Waals surface area contributed by atoms with Crippen molar-refractivity contribution in [2.45, 2.75) is 0 Å². The van der Waals surface area contributed by atoms with E-state index in [9.17, 15) is 4.21 Å². The predicted octanol–water partition coefficient (Wildman–Crippen LogP) is 2.47. The minimum absolute atomic E-state index is 0.294. The minimum atomic E-state index is -2.16. The molecule has 0 bridgehead atoms. The molecule has 11 heteroatoms. The number of nitrogens with one attached hydrogen (secondary N) is 1. The Morgan fingerprint density at radius 3 is 2.46 bits per heavy atom. The number of nitrogens with zero attached hydrogens (tertiary/aromatic N) is 6. The zero-order chi connectivity index (χ0) is 18.1. The topological polar surface area (TPSA) is 119 Å². The standard InChI is InChI=1S/C15H10ClN7O2S/c16-13-11-3-4-23(14(11)21-8-20-13)15-18-6-10(7-19-15)9-1-2-12(17-5-9)22-26(24)25/h1-8H,(H,17,22)(H,24,25). The van der Waals surface area contributed by atoms with E-state index in [4.69, 9.17) is 16.2 Å². The Morgan fingerprint density at radius 2 is 1.77 bits per heavy atom. The van der Waals surface area contributed by atoms with E-state index >= 15 is 0 Å². The second kappa shape index (κ2) is 6.75. The van der Waals surface area contributed by atoms with Crippen LogP contribution in [0.3, 0.4) is 0 Å². The molecule has 0 saturated carbocycles. The van der Waals surface area contributed by atoms with Crippen LogP contribution in [0.2, 0.25) is 5.15 Å². The van der Waals surface area contributed by atoms with Gasteiger partial charge in [-0.1, -0.05) is 11.6 Å². The fraction of sp³-hybridized carbons (Fsp3) is 0. The molecule has 0 saturated heterocycles. The molecule has 1 atom stereocenters. The van der Waals surface area contributed by atoms with Crippen LogP contribution in [-0.4, -0.2) is 38.2 Å². The maximum absolute atomic E-state index is 10.7. The molecule has 1 unspecified atom stereocenters. The average molecular weight is 388 g/mol. The molecule has 26 heavy (non-hydrogen) atoms. The van der Waals surface area contributed by atoms with Gasteiger partial charge in [0.25, 0.3) is 11.3 Å². The Bertz CT molecular complexity index is 1100. The van der Waals surface area contributed by atoms with Crippen LogP contribution in [-0.2, 0) is 11.3 Å². The Morgan fingerprint density at radius 1 is 1.00 bits per heavy atom. The molecule has 130 valence electrons. The fourth-order valence-corrected chi connectivity index (χ4v) is 2.88. The molecule has 0 aliphatic rings. The van der Waals surface area contributed by atoms with Crippen molar-refractivity contribution >= 4 is 39.7 Å². The highest BCUT2D eigenvalue weighted by Crippen LogP contribution is 2.23. The third-order valence-electron chi connectivity index (χ3n) is 3.58. The molecule has 4 aromatic heterocycles. The molecular weight excluding hydrogens is 378 g/mol. The largest absolute Gasteiger partial charge is 0.289 e. The van der Waals surface area contributed by atoms with Crippen LogP contribution in [0.15, 0.2) is 49.3 Å². The van der Waals surface area contributed by atoms with Gasteiger partial charge in [0.2, 0.25) is 5.95 Å². The maximum atomic E-state index is 10.7. The van der Waals surface area contributed by atoms with Crippen molar-refractivity contribution in [2.24, 2.45) is 0 Å². The summed E-state index contributed by atoms with van der Waals surface area (Å²) in [5, 5.41) is 1.09. The van der Waals surface area contributed by atoms with Gasteiger partial charge in [-0.15, -0.1) is 0 Å². The molecule has 4 rings (SSSR count). The SMILES string of the molecule is O=S(O)Nc1ccc(-c2cnc(-n3ccc4c(Cl)ncnc43)nc2)cn1. The molecule has 2 N–H and O–H groups in total. The van der Waals surface area contributed by atoms with Crippen molar-refractivity contribution in [3.05, 3.63) is 54.5 Å². The number of pyridine rings is 1. The molecule has 0 fully saturated rings. The smallest absolute Gasteiger partial charge is 0.260 e. The van der Waals surface area contributed by atoms with Gasteiger partial charge in [0, 0.05) is 35.9 Å². The summed E-state index contributed by atoms with van der Waals surface area (Å²) in [6, 6.07) is 5.14. The van der Waals surface area contributed by atoms with Gasteiger partial charge < -0.3 is 0 Å². The number of hydrogen-bond donors (Lipinski definition) is 2. The molecular formula is C15H10ClN7O2S. The number of hydrogen-bond acceptors (Lipinski definition) is 6. The van der Waals surface area contributed by atoms with Crippen LogP contribution < -0.4 is 4.72 Å². The summed E-state index contributed by atoms with van der Waals surface area (Å²) >= 11 is 3.89. The monoisotopic (exact) mass is 387 g/mol. The van der Waals surface area contributed by atoms with E-state index < -0.39 is 11.3 Å². The fourth-order valence-electron chi connectivity index (χ4n) is 2.39. The number of anilines is 1. The lowest BCUT2D eigenvalue weighted by atomic mass is 10.1. The Kier molecular flexibility index (Phi) is 4.29. The first kappa shape index (κ1) is 16.5. The first-order chi connectivity index (χ1) is 12.6. The summed E-state index contributed by atoms with van der Waals surface area (Å²) < 4.78 is 23.5. The van der Waals surface area contributed by atoms with Gasteiger partial charge in [-0.3, -0.25) is 13.8 Å². The van der Waals surface area contributed by atoms with Gasteiger partial charge in [-0.2, -0.15) is 0 Å². The van der Waals surface area contributed by atoms with Crippen molar-refractivity contribution in [1.82, 2.24) is 29.5 Å². The first-order valence-corrected chi connectivity index (χ1v) is 8.74. The third-order valence-corrected chi connectivity index (χ3v) is 4.26. The average Bonchev–Trinajstić information content (AvgIpc) is 3.08. The number of halogens is 1. The van der Waals surface area contributed by atoms with E-state index in [1.807, 2.05) is 0 Å². The molecule has 4 heterocycles. The lowest BCUT2D eigenvalue weighted by molar-refractivity contribution is 0.570. The van der Waals surface area contributed by atoms with Crippen molar-refractivity contribution in [3.8, 4) is 17.1 Å². The molecule has 0 aliphatic carbocycles. The minimum Gasteiger partial charge on any atom is -0.289 e. The van der Waals surface area contributed by atoms with Crippen LogP contribution in [0.1, 0.15) is 0 Å². The summed E-state index contributed by atoms with van der Waals surface area (Å²) in [4.78, 5) is 21.0. The quantitative estimate of drug-likeness (QED) is 0.407. The highest BCUT2D eigenvalue weighted by molar-refractivity contribution is 7.80. The number of aromatic nitrogens is 6. The predicted molar refractivity (Wildman–Crippen MR) is 97.1 cm³/mol. The lowest BCUT2D eigenvalue weighted by Crippen LogP contribution is -2.03. The van der Waals surface area contributed by atoms with E-state index in [1.165, 1.54) is 6.33 Å². The van der Waals surface area contributed by atoms with E-state index in [0.717, 1.165) is 16.5 Å². The zero-order valence-corrected chi connectivity index (χ0v) is 14.5. The third kappa shape index (κ3) is 3.12. The lowest BCUT2D eigenvalue weighted by Gasteiger charge is -2.05. The number of rotatable bonds is 4. The van der Waals surface area contributed by atoms with E-state index in [0.29, 0.717) is 22.6 Å². The summed E-state index contributed by atoms with van der Waals surface area (Å²) in [7, 11) is 0. The Balaban J connectivity index is 1.64. The molecule has 9 nitrogen and oxygen atoms in total. The highest BCUT2D eigenvalue weighted by Gasteiger charge is 2.10. The van der Waals surface area contributed by atoms with Crippen molar-refractivity contribution in [1.29, 1.82) is 0 Å². The van der Waals surface area contributed by atoms with E-state index in [-0.39, 0.29) is 0 Å². The molecule has 0 amide bonds. The molecule has 0 aliphatic heterocycles. The van der Waals surface area contributed by atoms with Crippen molar-refractivity contribution in [3.63, 3.8) is 0 Å². The van der Waals surface area contributed by atoms with Crippen molar-refractivity contribution < 1.29 is 8.76 Å². The van der Waals surface area contributed by atoms with Gasteiger partial charge in [-0.25, -0.2) is 29.1 Å². The Hall–Kier alpha value is -2.95. The summed E-state index contributed by atoms with van der Waals surface area (Å²) in [6.45, 7) is 0. The van der Waals surface area contributed by atoms with E-state index in [1.54, 1.807) is 47.6 Å². The summed E-state index contributed by atoms with van der Waals surface area (Å²) in [5.74, 6) is 0.739. The Labute approximate surface area is 154 Å². The van der Waals surface area contributed by atoms with Gasteiger partial charge in [0.05, 0.1) is 5.39 Å². The molecule has 0 spiro atoms. The van der Waals surface area contributed by atoms with Crippen LogP contribution >= 0.6 is 11.6 Å². The van der Waals surface area contributed by atoms with Crippen LogP contribution in [0, 0.1) is 0 Å². The molecule has 4 aromatic rings. The van der Waals surface area contributed by atoms with E-state index in [2.05, 4.69) is 29.6 Å². The second-order valence-electron chi connectivity index (χ2n) is 5.14. The molecule has 0 aromatic carbocycles. The van der Waals surface area contributed by atoms with Gasteiger partial charge in [-0.05, 0) is 18.2 Å². The summed E-state index contributed by atoms with van der Waals surface area (Å²) in [6.07, 6.45) is 8.04.